The van der Waals surface area contributed by atoms with Crippen molar-refractivity contribution in [1.82, 2.24) is 19.5 Å². The summed E-state index contributed by atoms with van der Waals surface area (Å²) in [6.07, 6.45) is 2.59. The molecule has 0 bridgehead atoms. The fraction of sp³-hybridized carbons (Fsp3) is 0.174. The van der Waals surface area contributed by atoms with Crippen molar-refractivity contribution < 1.29 is 9.18 Å². The Morgan fingerprint density at radius 3 is 2.45 bits per heavy atom. The second-order valence-electron chi connectivity index (χ2n) is 7.35. The maximum absolute atomic E-state index is 13.1. The van der Waals surface area contributed by atoms with Crippen LogP contribution in [-0.2, 0) is 13.0 Å². The summed E-state index contributed by atoms with van der Waals surface area (Å²) in [6, 6.07) is 15.8. The first kappa shape index (κ1) is 17.6. The monoisotopic (exact) mass is 386 g/mol. The van der Waals surface area contributed by atoms with Gasteiger partial charge in [-0.15, -0.1) is 0 Å². The van der Waals surface area contributed by atoms with Crippen LogP contribution in [0, 0.1) is 12.7 Å². The second-order valence-corrected chi connectivity index (χ2v) is 7.35. The largest absolute Gasteiger partial charge is 0.334 e. The molecule has 0 aliphatic carbocycles. The Kier molecular flexibility index (Phi) is 4.12. The van der Waals surface area contributed by atoms with Crippen LogP contribution in [0.3, 0.4) is 0 Å². The number of aryl methyl sites for hydroxylation is 1. The van der Waals surface area contributed by atoms with E-state index in [0.29, 0.717) is 18.7 Å². The number of hydrogen-bond acceptors (Lipinski definition) is 3. The number of aromatic nitrogens is 3. The minimum absolute atomic E-state index is 0.00181. The van der Waals surface area contributed by atoms with Crippen molar-refractivity contribution in [3.05, 3.63) is 89.1 Å². The minimum atomic E-state index is -0.261. The molecule has 5 nitrogen and oxygen atoms in total. The molecule has 3 heterocycles. The molecule has 0 saturated heterocycles. The summed E-state index contributed by atoms with van der Waals surface area (Å²) < 4.78 is 15.0. The number of rotatable bonds is 2. The summed E-state index contributed by atoms with van der Waals surface area (Å²) in [5.74, 6) is -0.263. The summed E-state index contributed by atoms with van der Waals surface area (Å²) >= 11 is 0. The van der Waals surface area contributed by atoms with Crippen molar-refractivity contribution in [2.75, 3.05) is 6.54 Å². The Labute approximate surface area is 167 Å². The number of fused-ring (bicyclic) bond motifs is 3. The normalized spacial score (nSPS) is 13.5. The van der Waals surface area contributed by atoms with E-state index in [4.69, 9.17) is 0 Å². The average molecular weight is 386 g/mol. The molecule has 0 spiro atoms. The van der Waals surface area contributed by atoms with Gasteiger partial charge in [0.15, 0.2) is 5.65 Å². The van der Waals surface area contributed by atoms with Gasteiger partial charge in [0.1, 0.15) is 5.82 Å². The fourth-order valence-electron chi connectivity index (χ4n) is 3.86. The van der Waals surface area contributed by atoms with Crippen molar-refractivity contribution in [1.29, 1.82) is 0 Å². The molecule has 144 valence electrons. The first-order chi connectivity index (χ1) is 14.1. The first-order valence-corrected chi connectivity index (χ1v) is 9.57. The van der Waals surface area contributed by atoms with Gasteiger partial charge in [-0.05, 0) is 42.3 Å². The number of benzene rings is 2. The molecular weight excluding hydrogens is 367 g/mol. The molecule has 2 aromatic heterocycles. The number of carbonyl (C=O) groups is 1. The van der Waals surface area contributed by atoms with Crippen molar-refractivity contribution in [3.8, 4) is 11.1 Å². The topological polar surface area (TPSA) is 50.5 Å². The lowest BCUT2D eigenvalue weighted by molar-refractivity contribution is 0.0732. The predicted molar refractivity (Wildman–Crippen MR) is 108 cm³/mol. The molecular formula is C23H19FN4O. The predicted octanol–water partition coefficient (Wildman–Crippen LogP) is 4.04. The van der Waals surface area contributed by atoms with Crippen LogP contribution in [-0.4, -0.2) is 31.9 Å². The molecule has 1 amide bonds. The standard InChI is InChI=1S/C23H19FN4O/c1-15-12-22-25-13-19-14-27(11-10-21(19)28(22)26-15)23(29)18-4-2-16(3-5-18)17-6-8-20(24)9-7-17/h2-9,12-13H,10-11,14H2,1H3. The Balaban J connectivity index is 1.37. The van der Waals surface area contributed by atoms with E-state index >= 15 is 0 Å². The van der Waals surface area contributed by atoms with E-state index in [0.717, 1.165) is 40.1 Å². The molecule has 5 rings (SSSR count). The molecule has 2 aromatic carbocycles. The number of amides is 1. The van der Waals surface area contributed by atoms with E-state index in [-0.39, 0.29) is 11.7 Å². The number of carbonyl (C=O) groups excluding carboxylic acids is 1. The van der Waals surface area contributed by atoms with Gasteiger partial charge in [-0.1, -0.05) is 24.3 Å². The Hall–Kier alpha value is -3.54. The van der Waals surface area contributed by atoms with Crippen LogP contribution in [0.2, 0.25) is 0 Å². The van der Waals surface area contributed by atoms with Crippen molar-refractivity contribution in [2.24, 2.45) is 0 Å². The molecule has 0 fully saturated rings. The van der Waals surface area contributed by atoms with Gasteiger partial charge in [-0.3, -0.25) is 4.79 Å². The number of hydrogen-bond donors (Lipinski definition) is 0. The summed E-state index contributed by atoms with van der Waals surface area (Å²) in [5, 5.41) is 4.53. The van der Waals surface area contributed by atoms with E-state index in [2.05, 4.69) is 10.1 Å². The van der Waals surface area contributed by atoms with Gasteiger partial charge in [-0.2, -0.15) is 5.10 Å². The Morgan fingerprint density at radius 1 is 1.03 bits per heavy atom. The van der Waals surface area contributed by atoms with Gasteiger partial charge in [0, 0.05) is 42.9 Å². The first-order valence-electron chi connectivity index (χ1n) is 9.57. The van der Waals surface area contributed by atoms with E-state index in [1.54, 1.807) is 12.1 Å². The van der Waals surface area contributed by atoms with Crippen molar-refractivity contribution in [3.63, 3.8) is 0 Å². The van der Waals surface area contributed by atoms with Gasteiger partial charge in [0.2, 0.25) is 0 Å². The summed E-state index contributed by atoms with van der Waals surface area (Å²) in [5.41, 5.74) is 6.45. The summed E-state index contributed by atoms with van der Waals surface area (Å²) in [7, 11) is 0. The van der Waals surface area contributed by atoms with Crippen molar-refractivity contribution >= 4 is 11.6 Å². The third-order valence-corrected chi connectivity index (χ3v) is 5.37. The highest BCUT2D eigenvalue weighted by atomic mass is 19.1. The zero-order chi connectivity index (χ0) is 20.0. The minimum Gasteiger partial charge on any atom is -0.334 e. The Morgan fingerprint density at radius 2 is 1.72 bits per heavy atom. The number of nitrogens with zero attached hydrogens (tertiary/aromatic N) is 4. The Bertz CT molecular complexity index is 1210. The third-order valence-electron chi connectivity index (χ3n) is 5.37. The van der Waals surface area contributed by atoms with Gasteiger partial charge >= 0.3 is 0 Å². The lowest BCUT2D eigenvalue weighted by atomic mass is 10.0. The molecule has 0 atom stereocenters. The highest BCUT2D eigenvalue weighted by Crippen LogP contribution is 2.23. The molecule has 1 aliphatic rings. The lowest BCUT2D eigenvalue weighted by Crippen LogP contribution is -2.37. The fourth-order valence-corrected chi connectivity index (χ4v) is 3.86. The lowest BCUT2D eigenvalue weighted by Gasteiger charge is -2.29. The van der Waals surface area contributed by atoms with Gasteiger partial charge < -0.3 is 4.90 Å². The molecule has 0 N–H and O–H groups in total. The SMILES string of the molecule is Cc1cc2ncc3c(n2n1)CCN(C(=O)c1ccc(-c2ccc(F)cc2)cc1)C3. The van der Waals surface area contributed by atoms with Crippen LogP contribution < -0.4 is 0 Å². The van der Waals surface area contributed by atoms with Crippen LogP contribution in [0.1, 0.15) is 27.3 Å². The van der Waals surface area contributed by atoms with Gasteiger partial charge in [-0.25, -0.2) is 13.9 Å². The summed E-state index contributed by atoms with van der Waals surface area (Å²) in [4.78, 5) is 19.3. The highest BCUT2D eigenvalue weighted by Gasteiger charge is 2.24. The molecule has 6 heteroatoms. The van der Waals surface area contributed by atoms with E-state index in [1.807, 2.05) is 52.9 Å². The van der Waals surface area contributed by atoms with E-state index in [9.17, 15) is 9.18 Å². The third kappa shape index (κ3) is 3.16. The maximum Gasteiger partial charge on any atom is 0.254 e. The zero-order valence-corrected chi connectivity index (χ0v) is 16.0. The van der Waals surface area contributed by atoms with Crippen molar-refractivity contribution in [2.45, 2.75) is 19.9 Å². The molecule has 29 heavy (non-hydrogen) atoms. The molecule has 4 aromatic rings. The quantitative estimate of drug-likeness (QED) is 0.522. The maximum atomic E-state index is 13.1. The van der Waals surface area contributed by atoms with Crippen LogP contribution in [0.25, 0.3) is 16.8 Å². The molecule has 0 saturated carbocycles. The zero-order valence-electron chi connectivity index (χ0n) is 16.0. The van der Waals surface area contributed by atoms with Crippen LogP contribution in [0.4, 0.5) is 4.39 Å². The van der Waals surface area contributed by atoms with Crippen LogP contribution in [0.15, 0.2) is 60.8 Å². The average Bonchev–Trinajstić information content (AvgIpc) is 3.14. The summed E-state index contributed by atoms with van der Waals surface area (Å²) in [6.45, 7) is 3.12. The van der Waals surface area contributed by atoms with E-state index < -0.39 is 0 Å². The van der Waals surface area contributed by atoms with E-state index in [1.165, 1.54) is 12.1 Å². The van der Waals surface area contributed by atoms with Crippen LogP contribution >= 0.6 is 0 Å². The van der Waals surface area contributed by atoms with Gasteiger partial charge in [0.25, 0.3) is 5.91 Å². The smallest absolute Gasteiger partial charge is 0.254 e. The molecule has 0 unspecified atom stereocenters. The molecule has 1 aliphatic heterocycles. The number of halogens is 1. The molecule has 0 radical (unpaired) electrons. The second kappa shape index (κ2) is 6.81. The van der Waals surface area contributed by atoms with Gasteiger partial charge in [0.05, 0.1) is 11.4 Å². The van der Waals surface area contributed by atoms with Crippen LogP contribution in [0.5, 0.6) is 0 Å². The highest BCUT2D eigenvalue weighted by molar-refractivity contribution is 5.94.